The van der Waals surface area contributed by atoms with Crippen LogP contribution in [0.5, 0.6) is 0 Å². The van der Waals surface area contributed by atoms with Crippen LogP contribution in [-0.4, -0.2) is 5.78 Å². The van der Waals surface area contributed by atoms with E-state index in [1.165, 1.54) is 0 Å². The van der Waals surface area contributed by atoms with Crippen LogP contribution in [0.3, 0.4) is 0 Å². The molecule has 0 aliphatic carbocycles. The van der Waals surface area contributed by atoms with Crippen LogP contribution in [-0.2, 0) is 0 Å². The van der Waals surface area contributed by atoms with Crippen LogP contribution < -0.4 is 5.73 Å². The molecule has 0 aliphatic heterocycles. The molecule has 19 heavy (non-hydrogen) atoms. The first kappa shape index (κ1) is 13.6. The van der Waals surface area contributed by atoms with E-state index in [1.54, 1.807) is 12.1 Å². The third kappa shape index (κ3) is 2.64. The van der Waals surface area contributed by atoms with Gasteiger partial charge in [0.05, 0.1) is 0 Å². The Morgan fingerprint density at radius 2 is 1.68 bits per heavy atom. The summed E-state index contributed by atoms with van der Waals surface area (Å²) in [5, 5.41) is 0.678. The van der Waals surface area contributed by atoms with Gasteiger partial charge in [-0.15, -0.1) is 0 Å². The number of halogens is 1. The topological polar surface area (TPSA) is 43.1 Å². The highest BCUT2D eigenvalue weighted by Crippen LogP contribution is 2.23. The Hall–Kier alpha value is -1.80. The summed E-state index contributed by atoms with van der Waals surface area (Å²) in [4.78, 5) is 12.5. The van der Waals surface area contributed by atoms with Gasteiger partial charge in [-0.1, -0.05) is 23.7 Å². The van der Waals surface area contributed by atoms with Crippen molar-refractivity contribution < 1.29 is 4.79 Å². The lowest BCUT2D eigenvalue weighted by atomic mass is 9.96. The molecule has 0 fully saturated rings. The third-order valence-electron chi connectivity index (χ3n) is 3.29. The van der Waals surface area contributed by atoms with Crippen molar-refractivity contribution >= 4 is 23.1 Å². The zero-order valence-electron chi connectivity index (χ0n) is 11.3. The van der Waals surface area contributed by atoms with Crippen LogP contribution in [0.2, 0.25) is 5.02 Å². The standard InChI is InChI=1S/C16H16ClNO/c1-9-4-5-12(8-15(9)18)16(19)13-6-11(3)14(17)7-10(13)2/h4-8H,18H2,1-3H3. The van der Waals surface area contributed by atoms with Crippen molar-refractivity contribution in [2.75, 3.05) is 5.73 Å². The largest absolute Gasteiger partial charge is 0.398 e. The number of hydrogen-bond donors (Lipinski definition) is 1. The van der Waals surface area contributed by atoms with Gasteiger partial charge < -0.3 is 5.73 Å². The summed E-state index contributed by atoms with van der Waals surface area (Å²) in [6.07, 6.45) is 0. The summed E-state index contributed by atoms with van der Waals surface area (Å²) < 4.78 is 0. The zero-order valence-corrected chi connectivity index (χ0v) is 12.0. The van der Waals surface area contributed by atoms with Gasteiger partial charge in [-0.05, 0) is 55.7 Å². The zero-order chi connectivity index (χ0) is 14.2. The normalized spacial score (nSPS) is 10.5. The molecule has 0 bridgehead atoms. The van der Waals surface area contributed by atoms with E-state index in [4.69, 9.17) is 17.3 Å². The molecule has 0 aromatic heterocycles. The molecule has 2 nitrogen and oxygen atoms in total. The number of nitrogen functional groups attached to an aromatic ring is 1. The number of anilines is 1. The minimum Gasteiger partial charge on any atom is -0.398 e. The monoisotopic (exact) mass is 273 g/mol. The second kappa shape index (κ2) is 5.06. The first-order chi connectivity index (χ1) is 8.90. The van der Waals surface area contributed by atoms with Crippen molar-refractivity contribution in [3.05, 3.63) is 63.2 Å². The van der Waals surface area contributed by atoms with E-state index in [0.29, 0.717) is 21.8 Å². The van der Waals surface area contributed by atoms with Crippen molar-refractivity contribution in [1.82, 2.24) is 0 Å². The van der Waals surface area contributed by atoms with E-state index >= 15 is 0 Å². The van der Waals surface area contributed by atoms with Gasteiger partial charge >= 0.3 is 0 Å². The number of ketones is 1. The van der Waals surface area contributed by atoms with Gasteiger partial charge in [-0.3, -0.25) is 4.79 Å². The molecule has 0 atom stereocenters. The van der Waals surface area contributed by atoms with Crippen LogP contribution in [0, 0.1) is 20.8 Å². The average Bonchev–Trinajstić information content (AvgIpc) is 2.36. The first-order valence-corrected chi connectivity index (χ1v) is 6.45. The highest BCUT2D eigenvalue weighted by Gasteiger charge is 2.14. The van der Waals surface area contributed by atoms with Crippen molar-refractivity contribution in [3.63, 3.8) is 0 Å². The highest BCUT2D eigenvalue weighted by molar-refractivity contribution is 6.31. The summed E-state index contributed by atoms with van der Waals surface area (Å²) in [7, 11) is 0. The maximum absolute atomic E-state index is 12.5. The molecule has 2 rings (SSSR count). The van der Waals surface area contributed by atoms with Crippen LogP contribution >= 0.6 is 11.6 Å². The number of hydrogen-bond acceptors (Lipinski definition) is 2. The lowest BCUT2D eigenvalue weighted by Crippen LogP contribution is -2.05. The molecule has 0 spiro atoms. The maximum atomic E-state index is 12.5. The maximum Gasteiger partial charge on any atom is 0.193 e. The molecule has 0 radical (unpaired) electrons. The van der Waals surface area contributed by atoms with Crippen molar-refractivity contribution in [2.45, 2.75) is 20.8 Å². The number of rotatable bonds is 2. The Bertz CT molecular complexity index is 662. The quantitative estimate of drug-likeness (QED) is 0.662. The molecule has 0 aliphatic rings. The number of aryl methyl sites for hydroxylation is 3. The second-order valence-corrected chi connectivity index (χ2v) is 5.22. The fourth-order valence-electron chi connectivity index (χ4n) is 1.96. The van der Waals surface area contributed by atoms with E-state index in [2.05, 4.69) is 0 Å². The molecule has 2 aromatic rings. The lowest BCUT2D eigenvalue weighted by Gasteiger charge is -2.09. The predicted molar refractivity (Wildman–Crippen MR) is 79.9 cm³/mol. The van der Waals surface area contributed by atoms with Crippen LogP contribution in [0.1, 0.15) is 32.6 Å². The van der Waals surface area contributed by atoms with Gasteiger partial charge in [0, 0.05) is 21.8 Å². The number of benzene rings is 2. The Balaban J connectivity index is 2.49. The molecule has 98 valence electrons. The molecular weight excluding hydrogens is 258 g/mol. The van der Waals surface area contributed by atoms with Gasteiger partial charge in [0.15, 0.2) is 5.78 Å². The Labute approximate surface area is 118 Å². The van der Waals surface area contributed by atoms with Crippen molar-refractivity contribution in [2.24, 2.45) is 0 Å². The molecule has 0 saturated heterocycles. The summed E-state index contributed by atoms with van der Waals surface area (Å²) in [5.41, 5.74) is 10.5. The Morgan fingerprint density at radius 1 is 1.00 bits per heavy atom. The van der Waals surface area contributed by atoms with Gasteiger partial charge in [0.2, 0.25) is 0 Å². The fraction of sp³-hybridized carbons (Fsp3) is 0.188. The number of carbonyl (C=O) groups is 1. The Kier molecular flexibility index (Phi) is 3.63. The summed E-state index contributed by atoms with van der Waals surface area (Å²) in [6.45, 7) is 5.69. The van der Waals surface area contributed by atoms with E-state index in [9.17, 15) is 4.79 Å². The summed E-state index contributed by atoms with van der Waals surface area (Å²) in [6, 6.07) is 9.04. The predicted octanol–water partition coefficient (Wildman–Crippen LogP) is 4.08. The lowest BCUT2D eigenvalue weighted by molar-refractivity contribution is 0.103. The SMILES string of the molecule is Cc1ccc(C(=O)c2cc(C)c(Cl)cc2C)cc1N. The molecule has 2 aromatic carbocycles. The molecule has 0 saturated carbocycles. The van der Waals surface area contributed by atoms with Crippen LogP contribution in [0.4, 0.5) is 5.69 Å². The first-order valence-electron chi connectivity index (χ1n) is 6.07. The third-order valence-corrected chi connectivity index (χ3v) is 3.70. The van der Waals surface area contributed by atoms with Gasteiger partial charge in [-0.2, -0.15) is 0 Å². The molecule has 0 unspecified atom stereocenters. The van der Waals surface area contributed by atoms with E-state index in [1.807, 2.05) is 39.0 Å². The smallest absolute Gasteiger partial charge is 0.193 e. The summed E-state index contributed by atoms with van der Waals surface area (Å²) in [5.74, 6) is -0.0241. The molecule has 3 heteroatoms. The minimum absolute atomic E-state index is 0.0241. The van der Waals surface area contributed by atoms with Gasteiger partial charge in [0.1, 0.15) is 0 Å². The number of nitrogens with two attached hydrogens (primary N) is 1. The molecular formula is C16H16ClNO. The van der Waals surface area contributed by atoms with Crippen molar-refractivity contribution in [1.29, 1.82) is 0 Å². The van der Waals surface area contributed by atoms with Crippen LogP contribution in [0.25, 0.3) is 0 Å². The summed E-state index contributed by atoms with van der Waals surface area (Å²) >= 11 is 6.05. The van der Waals surface area contributed by atoms with Gasteiger partial charge in [0.25, 0.3) is 0 Å². The average molecular weight is 274 g/mol. The Morgan fingerprint density at radius 3 is 2.32 bits per heavy atom. The van der Waals surface area contributed by atoms with Crippen molar-refractivity contribution in [3.8, 4) is 0 Å². The van der Waals surface area contributed by atoms with E-state index in [-0.39, 0.29) is 5.78 Å². The van der Waals surface area contributed by atoms with Gasteiger partial charge in [-0.25, -0.2) is 0 Å². The van der Waals surface area contributed by atoms with E-state index < -0.39 is 0 Å². The molecule has 0 heterocycles. The fourth-order valence-corrected chi connectivity index (χ4v) is 2.18. The second-order valence-electron chi connectivity index (χ2n) is 4.82. The van der Waals surface area contributed by atoms with Crippen LogP contribution in [0.15, 0.2) is 30.3 Å². The van der Waals surface area contributed by atoms with E-state index in [0.717, 1.165) is 16.7 Å². The highest BCUT2D eigenvalue weighted by atomic mass is 35.5. The molecule has 2 N–H and O–H groups in total. The number of carbonyl (C=O) groups excluding carboxylic acids is 1. The molecule has 0 amide bonds. The minimum atomic E-state index is -0.0241.